The number of nitrogens with zero attached hydrogens (tertiary/aromatic N) is 1. The normalized spacial score (nSPS) is 9.55. The SMILES string of the molecule is N=N[C](C=O)c1ccccc1. The minimum atomic E-state index is 0.158. The predicted octanol–water partition coefficient (Wildman–Crippen LogP) is 1.80. The van der Waals surface area contributed by atoms with Gasteiger partial charge in [-0.15, -0.1) is 0 Å². The van der Waals surface area contributed by atoms with Gasteiger partial charge in [0, 0.05) is 0 Å². The molecule has 1 rings (SSSR count). The second kappa shape index (κ2) is 3.61. The van der Waals surface area contributed by atoms with Crippen LogP contribution in [0.5, 0.6) is 0 Å². The summed E-state index contributed by atoms with van der Waals surface area (Å²) in [4.78, 5) is 10.3. The molecular weight excluding hydrogens is 140 g/mol. The first-order chi connectivity index (χ1) is 5.38. The van der Waals surface area contributed by atoms with Crippen molar-refractivity contribution < 1.29 is 4.79 Å². The lowest BCUT2D eigenvalue weighted by Crippen LogP contribution is -1.95. The average molecular weight is 147 g/mol. The second-order valence-corrected chi connectivity index (χ2v) is 1.98. The van der Waals surface area contributed by atoms with Crippen LogP contribution in [-0.2, 0) is 4.79 Å². The lowest BCUT2D eigenvalue weighted by Gasteiger charge is -1.98. The van der Waals surface area contributed by atoms with Crippen LogP contribution in [0.1, 0.15) is 5.56 Å². The van der Waals surface area contributed by atoms with E-state index in [0.717, 1.165) is 0 Å². The van der Waals surface area contributed by atoms with Crippen molar-refractivity contribution in [2.75, 3.05) is 0 Å². The maximum atomic E-state index is 10.3. The maximum Gasteiger partial charge on any atom is 0.199 e. The Hall–Kier alpha value is -1.51. The lowest BCUT2D eigenvalue weighted by atomic mass is 10.1. The first-order valence-electron chi connectivity index (χ1n) is 3.13. The standard InChI is InChI=1S/C8H7N2O/c9-10-8(6-11)7-4-2-1-3-5-7/h1-6,9H. The van der Waals surface area contributed by atoms with Crippen molar-refractivity contribution in [2.24, 2.45) is 5.11 Å². The highest BCUT2D eigenvalue weighted by Gasteiger charge is 2.07. The molecule has 3 heteroatoms. The molecule has 55 valence electrons. The van der Waals surface area contributed by atoms with Gasteiger partial charge in [-0.1, -0.05) is 30.3 Å². The van der Waals surface area contributed by atoms with Crippen LogP contribution in [0.2, 0.25) is 0 Å². The summed E-state index contributed by atoms with van der Waals surface area (Å²) in [6, 6.07) is 9.07. The van der Waals surface area contributed by atoms with Crippen LogP contribution in [0.3, 0.4) is 0 Å². The van der Waals surface area contributed by atoms with Crippen LogP contribution in [0.4, 0.5) is 0 Å². The van der Waals surface area contributed by atoms with E-state index in [1.165, 1.54) is 0 Å². The summed E-state index contributed by atoms with van der Waals surface area (Å²) >= 11 is 0. The molecule has 0 spiro atoms. The molecule has 0 aromatic heterocycles. The van der Waals surface area contributed by atoms with E-state index in [2.05, 4.69) is 5.11 Å². The monoisotopic (exact) mass is 147 g/mol. The van der Waals surface area contributed by atoms with Gasteiger partial charge < -0.3 is 4.79 Å². The summed E-state index contributed by atoms with van der Waals surface area (Å²) in [5.74, 6) is 0. The number of rotatable bonds is 3. The largest absolute Gasteiger partial charge is 0.300 e. The minimum absolute atomic E-state index is 0.158. The fourth-order valence-electron chi connectivity index (χ4n) is 0.768. The quantitative estimate of drug-likeness (QED) is 0.514. The van der Waals surface area contributed by atoms with Crippen LogP contribution in [0.25, 0.3) is 0 Å². The van der Waals surface area contributed by atoms with Gasteiger partial charge >= 0.3 is 0 Å². The minimum Gasteiger partial charge on any atom is -0.300 e. The zero-order valence-electron chi connectivity index (χ0n) is 5.82. The molecule has 0 saturated heterocycles. The molecule has 3 nitrogen and oxygen atoms in total. The maximum absolute atomic E-state index is 10.3. The van der Waals surface area contributed by atoms with E-state index in [1.807, 2.05) is 6.07 Å². The summed E-state index contributed by atoms with van der Waals surface area (Å²) in [5.41, 5.74) is 7.33. The number of benzene rings is 1. The Morgan fingerprint density at radius 2 is 2.00 bits per heavy atom. The summed E-state index contributed by atoms with van der Waals surface area (Å²) < 4.78 is 0. The van der Waals surface area contributed by atoms with Gasteiger partial charge in [-0.2, -0.15) is 5.11 Å². The summed E-state index contributed by atoms with van der Waals surface area (Å²) in [6.07, 6.45) is 0.572. The molecule has 0 atom stereocenters. The van der Waals surface area contributed by atoms with E-state index in [1.54, 1.807) is 24.3 Å². The molecular formula is C8H7N2O. The molecule has 11 heavy (non-hydrogen) atoms. The highest BCUT2D eigenvalue weighted by Crippen LogP contribution is 2.11. The highest BCUT2D eigenvalue weighted by atomic mass is 16.1. The van der Waals surface area contributed by atoms with E-state index in [9.17, 15) is 4.79 Å². The summed E-state index contributed by atoms with van der Waals surface area (Å²) in [6.45, 7) is 0. The van der Waals surface area contributed by atoms with E-state index in [4.69, 9.17) is 5.53 Å². The van der Waals surface area contributed by atoms with Crippen LogP contribution in [0.15, 0.2) is 35.4 Å². The number of carbonyl (C=O) groups excluding carboxylic acids is 1. The Kier molecular flexibility index (Phi) is 2.49. The predicted molar refractivity (Wildman–Crippen MR) is 40.0 cm³/mol. The Balaban J connectivity index is 2.90. The van der Waals surface area contributed by atoms with Gasteiger partial charge in [0.1, 0.15) is 0 Å². The Labute approximate surface area is 64.6 Å². The molecule has 1 aromatic rings. The third-order valence-electron chi connectivity index (χ3n) is 1.30. The molecule has 0 saturated carbocycles. The van der Waals surface area contributed by atoms with Gasteiger partial charge in [0.25, 0.3) is 0 Å². The fourth-order valence-corrected chi connectivity index (χ4v) is 0.768. The Bertz CT molecular complexity index is 238. The van der Waals surface area contributed by atoms with Crippen molar-refractivity contribution in [3.63, 3.8) is 0 Å². The van der Waals surface area contributed by atoms with Gasteiger partial charge in [-0.05, 0) is 5.56 Å². The fraction of sp³-hybridized carbons (Fsp3) is 0. The van der Waals surface area contributed by atoms with E-state index < -0.39 is 0 Å². The average Bonchev–Trinajstić information content (AvgIpc) is 2.09. The van der Waals surface area contributed by atoms with Crippen LogP contribution in [0, 0.1) is 11.6 Å². The van der Waals surface area contributed by atoms with Crippen LogP contribution in [-0.4, -0.2) is 6.29 Å². The van der Waals surface area contributed by atoms with Gasteiger partial charge in [-0.3, -0.25) is 0 Å². The molecule has 0 bridgehead atoms. The van der Waals surface area contributed by atoms with E-state index in [-0.39, 0.29) is 6.04 Å². The van der Waals surface area contributed by atoms with Crippen molar-refractivity contribution >= 4 is 6.29 Å². The van der Waals surface area contributed by atoms with Gasteiger partial charge in [0.2, 0.25) is 0 Å². The number of hydrogen-bond acceptors (Lipinski definition) is 3. The van der Waals surface area contributed by atoms with Crippen molar-refractivity contribution in [1.82, 2.24) is 0 Å². The molecule has 1 N–H and O–H groups in total. The van der Waals surface area contributed by atoms with Crippen molar-refractivity contribution in [1.29, 1.82) is 5.53 Å². The molecule has 1 radical (unpaired) electrons. The molecule has 1 aromatic carbocycles. The van der Waals surface area contributed by atoms with Gasteiger partial charge in [0.05, 0.1) is 0 Å². The van der Waals surface area contributed by atoms with Crippen molar-refractivity contribution in [3.05, 3.63) is 41.9 Å². The zero-order chi connectivity index (χ0) is 8.10. The van der Waals surface area contributed by atoms with Crippen molar-refractivity contribution in [3.8, 4) is 0 Å². The zero-order valence-corrected chi connectivity index (χ0v) is 5.82. The summed E-state index contributed by atoms with van der Waals surface area (Å²) in [7, 11) is 0. The third-order valence-corrected chi connectivity index (χ3v) is 1.30. The van der Waals surface area contributed by atoms with Crippen molar-refractivity contribution in [2.45, 2.75) is 0 Å². The van der Waals surface area contributed by atoms with Crippen LogP contribution >= 0.6 is 0 Å². The first kappa shape index (κ1) is 7.60. The molecule has 0 heterocycles. The molecule has 0 aliphatic heterocycles. The number of hydrogen-bond donors (Lipinski definition) is 1. The number of aldehydes is 1. The number of carbonyl (C=O) groups is 1. The smallest absolute Gasteiger partial charge is 0.199 e. The molecule has 0 amide bonds. The first-order valence-corrected chi connectivity index (χ1v) is 3.13. The highest BCUT2D eigenvalue weighted by molar-refractivity contribution is 5.74. The lowest BCUT2D eigenvalue weighted by molar-refractivity contribution is -0.106. The second-order valence-electron chi connectivity index (χ2n) is 1.98. The van der Waals surface area contributed by atoms with E-state index in [0.29, 0.717) is 11.8 Å². The Morgan fingerprint density at radius 1 is 1.36 bits per heavy atom. The molecule has 0 unspecified atom stereocenters. The molecule has 0 fully saturated rings. The Morgan fingerprint density at radius 3 is 2.45 bits per heavy atom. The van der Waals surface area contributed by atoms with Crippen LogP contribution < -0.4 is 0 Å². The number of nitrogens with one attached hydrogen (secondary N) is 1. The molecule has 0 aliphatic rings. The summed E-state index contributed by atoms with van der Waals surface area (Å²) in [5, 5.41) is 3.08. The van der Waals surface area contributed by atoms with E-state index >= 15 is 0 Å². The topological polar surface area (TPSA) is 53.3 Å². The van der Waals surface area contributed by atoms with Gasteiger partial charge in [0.15, 0.2) is 12.3 Å². The molecule has 0 aliphatic carbocycles. The van der Waals surface area contributed by atoms with Gasteiger partial charge in [-0.25, -0.2) is 5.53 Å². The third kappa shape index (κ3) is 1.70.